The third kappa shape index (κ3) is 2.60. The molecule has 1 atom stereocenters. The van der Waals surface area contributed by atoms with Gasteiger partial charge in [-0.15, -0.1) is 0 Å². The first-order valence-corrected chi connectivity index (χ1v) is 8.38. The summed E-state index contributed by atoms with van der Waals surface area (Å²) in [7, 11) is -1.55. The monoisotopic (exact) mass is 300 g/mol. The molecule has 1 aromatic rings. The Hall–Kier alpha value is -0.960. The highest BCUT2D eigenvalue weighted by molar-refractivity contribution is 7.87. The lowest BCUT2D eigenvalue weighted by atomic mass is 9.94. The lowest BCUT2D eigenvalue weighted by Crippen LogP contribution is -2.47. The van der Waals surface area contributed by atoms with Gasteiger partial charge >= 0.3 is 0 Å². The summed E-state index contributed by atoms with van der Waals surface area (Å²) in [5.74, 6) is 0. The van der Waals surface area contributed by atoms with Crippen molar-refractivity contribution >= 4 is 10.2 Å². The Morgan fingerprint density at radius 1 is 1.40 bits per heavy atom. The van der Waals surface area contributed by atoms with Gasteiger partial charge in [0, 0.05) is 31.4 Å². The molecule has 7 nitrogen and oxygen atoms in total. The Morgan fingerprint density at radius 3 is 2.90 bits per heavy atom. The molecule has 0 amide bonds. The van der Waals surface area contributed by atoms with Gasteiger partial charge < -0.3 is 4.74 Å². The predicted octanol–water partition coefficient (Wildman–Crippen LogP) is -0.0359. The van der Waals surface area contributed by atoms with Gasteiger partial charge in [0.1, 0.15) is 0 Å². The Bertz CT molecular complexity index is 578. The second-order valence-corrected chi connectivity index (χ2v) is 6.95. The molecule has 1 fully saturated rings. The predicted molar refractivity (Wildman–Crippen MR) is 73.3 cm³/mol. The number of hydrogen-bond acceptors (Lipinski definition) is 4. The molecule has 8 heteroatoms. The van der Waals surface area contributed by atoms with Crippen LogP contribution < -0.4 is 4.72 Å². The minimum atomic E-state index is -3.45. The van der Waals surface area contributed by atoms with Crippen molar-refractivity contribution < 1.29 is 13.2 Å². The third-order valence-electron chi connectivity index (χ3n) is 3.98. The number of fused-ring (bicyclic) bond motifs is 1. The fraction of sp³-hybridized carbons (Fsp3) is 0.750. The molecular formula is C12H20N4O3S. The maximum atomic E-state index is 12.4. The maximum Gasteiger partial charge on any atom is 0.280 e. The molecule has 0 saturated carbocycles. The summed E-state index contributed by atoms with van der Waals surface area (Å²) in [6, 6.07) is -0.166. The van der Waals surface area contributed by atoms with E-state index in [2.05, 4.69) is 9.82 Å². The van der Waals surface area contributed by atoms with Crippen LogP contribution in [0.3, 0.4) is 0 Å². The summed E-state index contributed by atoms with van der Waals surface area (Å²) in [5, 5.41) is 4.24. The van der Waals surface area contributed by atoms with Crippen LogP contribution in [0.15, 0.2) is 6.20 Å². The van der Waals surface area contributed by atoms with Gasteiger partial charge in [0.2, 0.25) is 0 Å². The molecule has 1 aliphatic carbocycles. The summed E-state index contributed by atoms with van der Waals surface area (Å²) < 4.78 is 36.1. The number of morpholine rings is 1. The van der Waals surface area contributed by atoms with Crippen molar-refractivity contribution in [2.24, 2.45) is 7.05 Å². The highest BCUT2D eigenvalue weighted by Crippen LogP contribution is 2.30. The van der Waals surface area contributed by atoms with Crippen LogP contribution in [-0.2, 0) is 28.4 Å². The third-order valence-corrected chi connectivity index (χ3v) is 5.60. The minimum Gasteiger partial charge on any atom is -0.379 e. The largest absolute Gasteiger partial charge is 0.379 e. The van der Waals surface area contributed by atoms with Crippen molar-refractivity contribution in [1.29, 1.82) is 0 Å². The minimum absolute atomic E-state index is 0.166. The topological polar surface area (TPSA) is 76.5 Å². The number of aromatic nitrogens is 2. The average molecular weight is 300 g/mol. The lowest BCUT2D eigenvalue weighted by Gasteiger charge is -2.30. The second kappa shape index (κ2) is 5.44. The summed E-state index contributed by atoms with van der Waals surface area (Å²) in [5.41, 5.74) is 2.14. The average Bonchev–Trinajstić information content (AvgIpc) is 2.83. The van der Waals surface area contributed by atoms with Crippen molar-refractivity contribution in [2.75, 3.05) is 26.3 Å². The zero-order chi connectivity index (χ0) is 14.2. The first kappa shape index (κ1) is 14.0. The van der Waals surface area contributed by atoms with Gasteiger partial charge in [-0.2, -0.15) is 22.5 Å². The Labute approximate surface area is 119 Å². The number of ether oxygens (including phenoxy) is 1. The molecule has 112 valence electrons. The van der Waals surface area contributed by atoms with Gasteiger partial charge in [0.15, 0.2) is 0 Å². The van der Waals surface area contributed by atoms with E-state index < -0.39 is 10.2 Å². The first-order chi connectivity index (χ1) is 9.58. The number of hydrogen-bond donors (Lipinski definition) is 1. The van der Waals surface area contributed by atoms with E-state index in [0.717, 1.165) is 30.5 Å². The van der Waals surface area contributed by atoms with E-state index in [1.807, 2.05) is 11.7 Å². The van der Waals surface area contributed by atoms with Crippen LogP contribution in [0.4, 0.5) is 0 Å². The van der Waals surface area contributed by atoms with Gasteiger partial charge in [-0.1, -0.05) is 0 Å². The highest BCUT2D eigenvalue weighted by atomic mass is 32.2. The molecule has 1 unspecified atom stereocenters. The fourth-order valence-electron chi connectivity index (χ4n) is 2.87. The Kier molecular flexibility index (Phi) is 3.80. The van der Waals surface area contributed by atoms with Crippen molar-refractivity contribution in [3.05, 3.63) is 17.5 Å². The molecule has 0 bridgehead atoms. The van der Waals surface area contributed by atoms with E-state index >= 15 is 0 Å². The quantitative estimate of drug-likeness (QED) is 0.850. The van der Waals surface area contributed by atoms with Crippen molar-refractivity contribution in [1.82, 2.24) is 18.8 Å². The molecule has 2 heterocycles. The molecule has 0 spiro atoms. The van der Waals surface area contributed by atoms with Gasteiger partial charge in [0.05, 0.1) is 25.5 Å². The molecular weight excluding hydrogens is 280 g/mol. The summed E-state index contributed by atoms with van der Waals surface area (Å²) in [6.07, 6.45) is 4.54. The normalized spacial score (nSPS) is 24.6. The van der Waals surface area contributed by atoms with Crippen LogP contribution in [0.2, 0.25) is 0 Å². The van der Waals surface area contributed by atoms with Crippen LogP contribution in [-0.4, -0.2) is 48.8 Å². The van der Waals surface area contributed by atoms with E-state index in [0.29, 0.717) is 26.3 Å². The smallest absolute Gasteiger partial charge is 0.280 e. The second-order valence-electron chi connectivity index (χ2n) is 5.25. The Morgan fingerprint density at radius 2 is 2.15 bits per heavy atom. The summed E-state index contributed by atoms with van der Waals surface area (Å²) in [4.78, 5) is 0. The van der Waals surface area contributed by atoms with Crippen LogP contribution in [0.25, 0.3) is 0 Å². The molecule has 20 heavy (non-hydrogen) atoms. The van der Waals surface area contributed by atoms with E-state index in [9.17, 15) is 8.42 Å². The van der Waals surface area contributed by atoms with Crippen molar-refractivity contribution in [3.8, 4) is 0 Å². The van der Waals surface area contributed by atoms with E-state index in [-0.39, 0.29) is 6.04 Å². The standard InChI is InChI=1S/C12H20N4O3S/c1-15-12-4-2-3-11(10(12)9-13-15)14-20(17,18)16-5-7-19-8-6-16/h9,11,14H,2-8H2,1H3. The molecule has 2 aliphatic rings. The van der Waals surface area contributed by atoms with Gasteiger partial charge in [-0.3, -0.25) is 4.68 Å². The zero-order valence-corrected chi connectivity index (χ0v) is 12.4. The van der Waals surface area contributed by atoms with E-state index in [1.54, 1.807) is 6.20 Å². The molecule has 0 radical (unpaired) electrons. The van der Waals surface area contributed by atoms with Crippen molar-refractivity contribution in [3.63, 3.8) is 0 Å². The van der Waals surface area contributed by atoms with Gasteiger partial charge in [-0.25, -0.2) is 0 Å². The first-order valence-electron chi connectivity index (χ1n) is 6.94. The molecule has 1 aromatic heterocycles. The zero-order valence-electron chi connectivity index (χ0n) is 11.6. The highest BCUT2D eigenvalue weighted by Gasteiger charge is 2.31. The molecule has 1 N–H and O–H groups in total. The number of rotatable bonds is 3. The maximum absolute atomic E-state index is 12.4. The number of nitrogens with zero attached hydrogens (tertiary/aromatic N) is 3. The van der Waals surface area contributed by atoms with Crippen molar-refractivity contribution in [2.45, 2.75) is 25.3 Å². The van der Waals surface area contributed by atoms with E-state index in [4.69, 9.17) is 4.74 Å². The molecule has 3 rings (SSSR count). The van der Waals surface area contributed by atoms with E-state index in [1.165, 1.54) is 4.31 Å². The van der Waals surface area contributed by atoms with Gasteiger partial charge in [0.25, 0.3) is 10.2 Å². The molecule has 1 aliphatic heterocycles. The molecule has 0 aromatic carbocycles. The van der Waals surface area contributed by atoms with Crippen LogP contribution >= 0.6 is 0 Å². The summed E-state index contributed by atoms with van der Waals surface area (Å²) >= 11 is 0. The van der Waals surface area contributed by atoms with Crippen LogP contribution in [0, 0.1) is 0 Å². The number of aryl methyl sites for hydroxylation is 1. The van der Waals surface area contributed by atoms with Crippen LogP contribution in [0.5, 0.6) is 0 Å². The summed E-state index contributed by atoms with van der Waals surface area (Å²) in [6.45, 7) is 1.76. The lowest BCUT2D eigenvalue weighted by molar-refractivity contribution is 0.0722. The van der Waals surface area contributed by atoms with Gasteiger partial charge in [-0.05, 0) is 19.3 Å². The Balaban J connectivity index is 1.78. The van der Waals surface area contributed by atoms with Crippen LogP contribution in [0.1, 0.15) is 30.1 Å². The molecule has 1 saturated heterocycles. The number of nitrogens with one attached hydrogen (secondary N) is 1. The SMILES string of the molecule is Cn1ncc2c1CCCC2NS(=O)(=O)N1CCOCC1. The fourth-order valence-corrected chi connectivity index (χ4v) is 4.25.